The van der Waals surface area contributed by atoms with Gasteiger partial charge >= 0.3 is 6.03 Å². The van der Waals surface area contributed by atoms with E-state index in [9.17, 15) is 4.79 Å². The Bertz CT molecular complexity index is 390. The van der Waals surface area contributed by atoms with Crippen LogP contribution in [0.2, 0.25) is 0 Å². The zero-order valence-electron chi connectivity index (χ0n) is 12.0. The molecule has 3 heteroatoms. The summed E-state index contributed by atoms with van der Waals surface area (Å²) in [5, 5.41) is 5.83. The molecule has 100 valence electrons. The normalized spacial score (nSPS) is 12.9. The Labute approximate surface area is 110 Å². The summed E-state index contributed by atoms with van der Waals surface area (Å²) in [6.07, 6.45) is 1.03. The lowest BCUT2D eigenvalue weighted by atomic mass is 10.1. The molecule has 1 unspecified atom stereocenters. The third kappa shape index (κ3) is 4.78. The van der Waals surface area contributed by atoms with Gasteiger partial charge in [0.15, 0.2) is 0 Å². The van der Waals surface area contributed by atoms with Gasteiger partial charge in [-0.25, -0.2) is 4.79 Å². The van der Waals surface area contributed by atoms with E-state index in [1.807, 2.05) is 27.7 Å². The summed E-state index contributed by atoms with van der Waals surface area (Å²) in [5.74, 6) is 0. The molecule has 1 aromatic rings. The number of amides is 2. The molecule has 1 aromatic carbocycles. The third-order valence-corrected chi connectivity index (χ3v) is 2.72. The zero-order chi connectivity index (χ0) is 13.8. The summed E-state index contributed by atoms with van der Waals surface area (Å²) >= 11 is 0. The molecule has 0 aliphatic rings. The van der Waals surface area contributed by atoms with Crippen LogP contribution in [0.3, 0.4) is 0 Å². The number of benzene rings is 1. The van der Waals surface area contributed by atoms with Gasteiger partial charge in [0, 0.05) is 5.54 Å². The molecule has 0 saturated carbocycles. The molecule has 2 amide bonds. The molecular weight excluding hydrogens is 224 g/mol. The monoisotopic (exact) mass is 248 g/mol. The minimum absolute atomic E-state index is 0.0123. The van der Waals surface area contributed by atoms with E-state index in [4.69, 9.17) is 0 Å². The lowest BCUT2D eigenvalue weighted by Crippen LogP contribution is -2.47. The summed E-state index contributed by atoms with van der Waals surface area (Å²) in [5.41, 5.74) is 2.22. The highest BCUT2D eigenvalue weighted by atomic mass is 16.2. The van der Waals surface area contributed by atoms with Crippen LogP contribution in [-0.2, 0) is 6.42 Å². The van der Waals surface area contributed by atoms with Crippen molar-refractivity contribution in [1.29, 1.82) is 0 Å². The van der Waals surface area contributed by atoms with Gasteiger partial charge in [0.2, 0.25) is 0 Å². The van der Waals surface area contributed by atoms with E-state index >= 15 is 0 Å². The molecule has 0 bridgehead atoms. The second-order valence-electron chi connectivity index (χ2n) is 5.67. The van der Waals surface area contributed by atoms with E-state index in [-0.39, 0.29) is 17.6 Å². The first-order valence-corrected chi connectivity index (χ1v) is 6.49. The standard InChI is InChI=1S/C15H24N2O/c1-6-12-7-9-13(10-8-12)11(2)16-14(18)17-15(3,4)5/h7-11H,6H2,1-5H3,(H2,16,17,18). The summed E-state index contributed by atoms with van der Waals surface area (Å²) in [6.45, 7) is 10.0. The van der Waals surface area contributed by atoms with Crippen LogP contribution >= 0.6 is 0 Å². The highest BCUT2D eigenvalue weighted by Crippen LogP contribution is 2.13. The average Bonchev–Trinajstić information content (AvgIpc) is 2.26. The topological polar surface area (TPSA) is 41.1 Å². The van der Waals surface area contributed by atoms with Gasteiger partial charge in [-0.2, -0.15) is 0 Å². The first kappa shape index (κ1) is 14.6. The Hall–Kier alpha value is -1.51. The van der Waals surface area contributed by atoms with E-state index in [0.717, 1.165) is 12.0 Å². The molecule has 0 aliphatic heterocycles. The van der Waals surface area contributed by atoms with E-state index in [2.05, 4.69) is 41.8 Å². The molecule has 3 nitrogen and oxygen atoms in total. The van der Waals surface area contributed by atoms with Crippen molar-refractivity contribution >= 4 is 6.03 Å². The molecule has 1 atom stereocenters. The van der Waals surface area contributed by atoms with Crippen LogP contribution in [0.1, 0.15) is 51.8 Å². The van der Waals surface area contributed by atoms with E-state index in [0.29, 0.717) is 0 Å². The first-order valence-electron chi connectivity index (χ1n) is 6.49. The quantitative estimate of drug-likeness (QED) is 0.845. The van der Waals surface area contributed by atoms with Crippen LogP contribution in [-0.4, -0.2) is 11.6 Å². The molecule has 0 heterocycles. The Kier molecular flexibility index (Phi) is 4.76. The van der Waals surface area contributed by atoms with Gasteiger partial charge in [-0.05, 0) is 45.2 Å². The lowest BCUT2D eigenvalue weighted by molar-refractivity contribution is 0.229. The lowest BCUT2D eigenvalue weighted by Gasteiger charge is -2.23. The molecule has 0 aromatic heterocycles. The Balaban J connectivity index is 2.59. The zero-order valence-corrected chi connectivity index (χ0v) is 12.0. The van der Waals surface area contributed by atoms with E-state index < -0.39 is 0 Å². The molecule has 0 fully saturated rings. The average molecular weight is 248 g/mol. The van der Waals surface area contributed by atoms with Gasteiger partial charge < -0.3 is 10.6 Å². The van der Waals surface area contributed by atoms with E-state index in [1.54, 1.807) is 0 Å². The van der Waals surface area contributed by atoms with Crippen LogP contribution in [0, 0.1) is 0 Å². The summed E-state index contributed by atoms with van der Waals surface area (Å²) in [7, 11) is 0. The summed E-state index contributed by atoms with van der Waals surface area (Å²) < 4.78 is 0. The Morgan fingerprint density at radius 2 is 1.78 bits per heavy atom. The Morgan fingerprint density at radius 3 is 2.22 bits per heavy atom. The molecule has 0 radical (unpaired) electrons. The molecule has 2 N–H and O–H groups in total. The van der Waals surface area contributed by atoms with Gasteiger partial charge in [0.05, 0.1) is 6.04 Å². The number of carbonyl (C=O) groups excluding carboxylic acids is 1. The smallest absolute Gasteiger partial charge is 0.315 e. The van der Waals surface area contributed by atoms with E-state index in [1.165, 1.54) is 5.56 Å². The van der Waals surface area contributed by atoms with Crippen LogP contribution in [0.25, 0.3) is 0 Å². The van der Waals surface area contributed by atoms with Crippen LogP contribution in [0.5, 0.6) is 0 Å². The highest BCUT2D eigenvalue weighted by molar-refractivity contribution is 5.75. The molecule has 0 spiro atoms. The number of urea groups is 1. The fourth-order valence-electron chi connectivity index (χ4n) is 1.70. The van der Waals surface area contributed by atoms with Crippen molar-refractivity contribution in [2.45, 2.75) is 52.6 Å². The van der Waals surface area contributed by atoms with Gasteiger partial charge in [0.25, 0.3) is 0 Å². The number of nitrogens with one attached hydrogen (secondary N) is 2. The minimum atomic E-state index is -0.212. The highest BCUT2D eigenvalue weighted by Gasteiger charge is 2.15. The predicted molar refractivity (Wildman–Crippen MR) is 75.7 cm³/mol. The second kappa shape index (κ2) is 5.89. The van der Waals surface area contributed by atoms with Gasteiger partial charge in [-0.1, -0.05) is 31.2 Å². The Morgan fingerprint density at radius 1 is 1.22 bits per heavy atom. The molecular formula is C15H24N2O. The predicted octanol–water partition coefficient (Wildman–Crippen LogP) is 3.41. The number of rotatable bonds is 3. The maximum atomic E-state index is 11.7. The van der Waals surface area contributed by atoms with Crippen molar-refractivity contribution in [2.24, 2.45) is 0 Å². The van der Waals surface area contributed by atoms with Crippen molar-refractivity contribution in [2.75, 3.05) is 0 Å². The number of hydrogen-bond donors (Lipinski definition) is 2. The maximum absolute atomic E-state index is 11.7. The molecule has 0 aliphatic carbocycles. The molecule has 18 heavy (non-hydrogen) atoms. The molecule has 1 rings (SSSR count). The maximum Gasteiger partial charge on any atom is 0.315 e. The van der Waals surface area contributed by atoms with Gasteiger partial charge in [0.1, 0.15) is 0 Å². The number of aryl methyl sites for hydroxylation is 1. The summed E-state index contributed by atoms with van der Waals surface area (Å²) in [6, 6.07) is 8.24. The number of hydrogen-bond acceptors (Lipinski definition) is 1. The fourth-order valence-corrected chi connectivity index (χ4v) is 1.70. The second-order valence-corrected chi connectivity index (χ2v) is 5.67. The minimum Gasteiger partial charge on any atom is -0.334 e. The van der Waals surface area contributed by atoms with Crippen molar-refractivity contribution in [3.63, 3.8) is 0 Å². The van der Waals surface area contributed by atoms with Crippen molar-refractivity contribution in [3.05, 3.63) is 35.4 Å². The SMILES string of the molecule is CCc1ccc(C(C)NC(=O)NC(C)(C)C)cc1. The third-order valence-electron chi connectivity index (χ3n) is 2.72. The largest absolute Gasteiger partial charge is 0.334 e. The van der Waals surface area contributed by atoms with Crippen molar-refractivity contribution < 1.29 is 4.79 Å². The van der Waals surface area contributed by atoms with Crippen LogP contribution in [0.15, 0.2) is 24.3 Å². The molecule has 0 saturated heterocycles. The fraction of sp³-hybridized carbons (Fsp3) is 0.533. The first-order chi connectivity index (χ1) is 8.31. The van der Waals surface area contributed by atoms with Crippen LogP contribution < -0.4 is 10.6 Å². The van der Waals surface area contributed by atoms with Crippen molar-refractivity contribution in [1.82, 2.24) is 10.6 Å². The number of carbonyl (C=O) groups is 1. The van der Waals surface area contributed by atoms with Crippen LogP contribution in [0.4, 0.5) is 4.79 Å². The van der Waals surface area contributed by atoms with Crippen molar-refractivity contribution in [3.8, 4) is 0 Å². The van der Waals surface area contributed by atoms with Gasteiger partial charge in [-0.3, -0.25) is 0 Å². The van der Waals surface area contributed by atoms with Gasteiger partial charge in [-0.15, -0.1) is 0 Å². The summed E-state index contributed by atoms with van der Waals surface area (Å²) in [4.78, 5) is 11.7.